The summed E-state index contributed by atoms with van der Waals surface area (Å²) in [6.07, 6.45) is 5.60. The minimum Gasteiger partial charge on any atom is -0.140 e. The predicted molar refractivity (Wildman–Crippen MR) is 56.6 cm³/mol. The average molecular weight is 211 g/mol. The summed E-state index contributed by atoms with van der Waals surface area (Å²) in [5, 5.41) is 0. The molecule has 0 heterocycles. The van der Waals surface area contributed by atoms with Gasteiger partial charge in [-0.1, -0.05) is 38.0 Å². The topological polar surface area (TPSA) is 0 Å². The van der Waals surface area contributed by atoms with Gasteiger partial charge in [0.05, 0.1) is 0 Å². The van der Waals surface area contributed by atoms with E-state index in [0.717, 1.165) is 6.04 Å². The molecule has 11 heavy (non-hydrogen) atoms. The normalized spacial score (nSPS) is 12.7. The molecule has 0 saturated carbocycles. The standard InChI is InChI=1S/C8H16Cl2Si/c1-3-5-6-8-11(9,10)7-4-2/h4,7H,3,5-6,8H2,1-2H3. The van der Waals surface area contributed by atoms with Crippen LogP contribution in [0.2, 0.25) is 6.04 Å². The van der Waals surface area contributed by atoms with Crippen molar-refractivity contribution in [3.05, 3.63) is 11.8 Å². The van der Waals surface area contributed by atoms with E-state index in [4.69, 9.17) is 22.2 Å². The van der Waals surface area contributed by atoms with E-state index >= 15 is 0 Å². The predicted octanol–water partition coefficient (Wildman–Crippen LogP) is 4.21. The Labute approximate surface area is 80.0 Å². The minimum atomic E-state index is -1.98. The van der Waals surface area contributed by atoms with Crippen molar-refractivity contribution in [3.63, 3.8) is 0 Å². The van der Waals surface area contributed by atoms with Gasteiger partial charge in [0.15, 0.2) is 0 Å². The van der Waals surface area contributed by atoms with Gasteiger partial charge in [-0.25, -0.2) is 0 Å². The summed E-state index contributed by atoms with van der Waals surface area (Å²) < 4.78 is 0. The van der Waals surface area contributed by atoms with Gasteiger partial charge in [-0.15, -0.1) is 22.2 Å². The highest BCUT2D eigenvalue weighted by atomic mass is 35.7. The molecule has 0 aliphatic heterocycles. The highest BCUT2D eigenvalue weighted by Crippen LogP contribution is 2.24. The third-order valence-corrected chi connectivity index (χ3v) is 5.26. The fourth-order valence-electron chi connectivity index (χ4n) is 0.938. The fourth-order valence-corrected chi connectivity index (χ4v) is 3.87. The fraction of sp³-hybridized carbons (Fsp3) is 0.750. The van der Waals surface area contributed by atoms with E-state index in [1.165, 1.54) is 19.3 Å². The van der Waals surface area contributed by atoms with Crippen molar-refractivity contribution in [2.45, 2.75) is 39.2 Å². The number of allylic oxidation sites excluding steroid dienone is 1. The Morgan fingerprint density at radius 1 is 1.27 bits per heavy atom. The Kier molecular flexibility index (Phi) is 6.40. The molecule has 0 atom stereocenters. The lowest BCUT2D eigenvalue weighted by atomic mass is 10.3. The van der Waals surface area contributed by atoms with Crippen LogP contribution < -0.4 is 0 Å². The maximum atomic E-state index is 6.09. The van der Waals surface area contributed by atoms with Gasteiger partial charge >= 0.3 is 0 Å². The Hall–Kier alpha value is 0.537. The first-order valence-electron chi connectivity index (χ1n) is 4.14. The second-order valence-electron chi connectivity index (χ2n) is 2.72. The van der Waals surface area contributed by atoms with Crippen LogP contribution in [0.15, 0.2) is 11.8 Å². The molecule has 0 nitrogen and oxygen atoms in total. The smallest absolute Gasteiger partial charge is 0.140 e. The molecule has 0 amide bonds. The van der Waals surface area contributed by atoms with Crippen LogP contribution in [0.1, 0.15) is 33.1 Å². The van der Waals surface area contributed by atoms with Crippen LogP contribution in [0.25, 0.3) is 0 Å². The van der Waals surface area contributed by atoms with E-state index in [1.54, 1.807) is 0 Å². The molecule has 0 aromatic carbocycles. The third kappa shape index (κ3) is 6.92. The number of rotatable bonds is 5. The summed E-state index contributed by atoms with van der Waals surface area (Å²) in [5.74, 6) is 0. The van der Waals surface area contributed by atoms with Gasteiger partial charge in [0.2, 0.25) is 0 Å². The molecular formula is C8H16Cl2Si. The molecule has 0 aliphatic carbocycles. The monoisotopic (exact) mass is 210 g/mol. The number of unbranched alkanes of at least 4 members (excludes halogenated alkanes) is 2. The molecule has 0 N–H and O–H groups in total. The van der Waals surface area contributed by atoms with Crippen LogP contribution in [0.4, 0.5) is 0 Å². The van der Waals surface area contributed by atoms with Crippen molar-refractivity contribution < 1.29 is 0 Å². The molecule has 0 radical (unpaired) electrons. The summed E-state index contributed by atoms with van der Waals surface area (Å²) in [7, 11) is 0. The first kappa shape index (κ1) is 11.5. The molecular weight excluding hydrogens is 195 g/mol. The highest BCUT2D eigenvalue weighted by molar-refractivity contribution is 7.47. The van der Waals surface area contributed by atoms with Crippen LogP contribution in [-0.4, -0.2) is 6.69 Å². The molecule has 0 aromatic heterocycles. The van der Waals surface area contributed by atoms with Crippen LogP contribution >= 0.6 is 22.2 Å². The minimum absolute atomic E-state index is 0.994. The molecule has 0 aliphatic rings. The average Bonchev–Trinajstić information content (AvgIpc) is 1.87. The van der Waals surface area contributed by atoms with Crippen molar-refractivity contribution in [3.8, 4) is 0 Å². The van der Waals surface area contributed by atoms with Gasteiger partial charge in [0.1, 0.15) is 0 Å². The molecule has 3 heteroatoms. The maximum absolute atomic E-state index is 6.09. The van der Waals surface area contributed by atoms with Gasteiger partial charge in [-0.2, -0.15) is 0 Å². The van der Waals surface area contributed by atoms with Crippen LogP contribution in [-0.2, 0) is 0 Å². The van der Waals surface area contributed by atoms with Gasteiger partial charge in [-0.05, 0) is 13.0 Å². The number of hydrogen-bond donors (Lipinski definition) is 0. The number of halogens is 2. The molecule has 0 bridgehead atoms. The Morgan fingerprint density at radius 3 is 2.36 bits per heavy atom. The molecule has 0 fully saturated rings. The summed E-state index contributed by atoms with van der Waals surface area (Å²) in [6.45, 7) is 2.17. The largest absolute Gasteiger partial charge is 0.273 e. The van der Waals surface area contributed by atoms with E-state index in [2.05, 4.69) is 6.92 Å². The van der Waals surface area contributed by atoms with Crippen molar-refractivity contribution >= 4 is 28.9 Å². The summed E-state index contributed by atoms with van der Waals surface area (Å²) in [6, 6.07) is 0.994. The highest BCUT2D eigenvalue weighted by Gasteiger charge is 2.22. The summed E-state index contributed by atoms with van der Waals surface area (Å²) in [5.41, 5.74) is 1.98. The van der Waals surface area contributed by atoms with Crippen molar-refractivity contribution in [1.29, 1.82) is 0 Å². The third-order valence-electron chi connectivity index (χ3n) is 1.52. The van der Waals surface area contributed by atoms with E-state index in [-0.39, 0.29) is 0 Å². The molecule has 0 unspecified atom stereocenters. The zero-order chi connectivity index (χ0) is 8.74. The van der Waals surface area contributed by atoms with Crippen molar-refractivity contribution in [1.82, 2.24) is 0 Å². The number of hydrogen-bond acceptors (Lipinski definition) is 0. The zero-order valence-corrected chi connectivity index (χ0v) is 9.75. The quantitative estimate of drug-likeness (QED) is 0.363. The Balaban J connectivity index is 3.55. The van der Waals surface area contributed by atoms with Gasteiger partial charge < -0.3 is 0 Å². The molecule has 66 valence electrons. The summed E-state index contributed by atoms with van der Waals surface area (Å²) in [4.78, 5) is 0. The van der Waals surface area contributed by atoms with Crippen LogP contribution in [0.5, 0.6) is 0 Å². The van der Waals surface area contributed by atoms with E-state index in [0.29, 0.717) is 0 Å². The lowest BCUT2D eigenvalue weighted by molar-refractivity contribution is 0.768. The Morgan fingerprint density at radius 2 is 1.91 bits per heavy atom. The maximum Gasteiger partial charge on any atom is 0.273 e. The van der Waals surface area contributed by atoms with Crippen molar-refractivity contribution in [2.24, 2.45) is 0 Å². The lowest BCUT2D eigenvalue weighted by Crippen LogP contribution is -2.14. The second kappa shape index (κ2) is 6.10. The Bertz CT molecular complexity index is 121. The van der Waals surface area contributed by atoms with Crippen LogP contribution in [0.3, 0.4) is 0 Å². The first-order valence-corrected chi connectivity index (χ1v) is 8.45. The van der Waals surface area contributed by atoms with Gasteiger partial charge in [-0.3, -0.25) is 0 Å². The first-order chi connectivity index (χ1) is 5.12. The van der Waals surface area contributed by atoms with Gasteiger partial charge in [0, 0.05) is 0 Å². The van der Waals surface area contributed by atoms with Crippen molar-refractivity contribution in [2.75, 3.05) is 0 Å². The SMILES string of the molecule is CC=C[Si](Cl)(Cl)CCCCC. The van der Waals surface area contributed by atoms with E-state index in [9.17, 15) is 0 Å². The zero-order valence-electron chi connectivity index (χ0n) is 7.24. The van der Waals surface area contributed by atoms with E-state index < -0.39 is 6.69 Å². The van der Waals surface area contributed by atoms with E-state index in [1.807, 2.05) is 18.7 Å². The molecule has 0 rings (SSSR count). The lowest BCUT2D eigenvalue weighted by Gasteiger charge is -2.10. The second-order valence-corrected chi connectivity index (χ2v) is 9.70. The molecule has 0 aromatic rings. The summed E-state index contributed by atoms with van der Waals surface area (Å²) >= 11 is 12.2. The molecule has 0 spiro atoms. The van der Waals surface area contributed by atoms with Gasteiger partial charge in [0.25, 0.3) is 6.69 Å². The van der Waals surface area contributed by atoms with Crippen LogP contribution in [0, 0.1) is 0 Å². The molecule has 0 saturated heterocycles.